The minimum Gasteiger partial charge on any atom is -0.362 e. The van der Waals surface area contributed by atoms with Gasteiger partial charge in [0.25, 0.3) is 5.91 Å². The number of carbonyl (C=O) groups is 1. The fraction of sp³-hybridized carbons (Fsp3) is 0.348. The molecular formula is C23H25Cl2N5O. The highest BCUT2D eigenvalue weighted by Crippen LogP contribution is 2.29. The van der Waals surface area contributed by atoms with Crippen molar-refractivity contribution >= 4 is 51.8 Å². The highest BCUT2D eigenvalue weighted by molar-refractivity contribution is 6.42. The van der Waals surface area contributed by atoms with Crippen LogP contribution in [0.3, 0.4) is 0 Å². The predicted molar refractivity (Wildman–Crippen MR) is 127 cm³/mol. The molecule has 8 heteroatoms. The monoisotopic (exact) mass is 457 g/mol. The van der Waals surface area contributed by atoms with Crippen LogP contribution >= 0.6 is 23.2 Å². The van der Waals surface area contributed by atoms with E-state index in [1.165, 1.54) is 0 Å². The Labute approximate surface area is 192 Å². The zero-order valence-electron chi connectivity index (χ0n) is 17.5. The number of rotatable bonds is 6. The Morgan fingerprint density at radius 1 is 1.10 bits per heavy atom. The lowest BCUT2D eigenvalue weighted by Gasteiger charge is -2.18. The summed E-state index contributed by atoms with van der Waals surface area (Å²) in [5.74, 6) is 1.81. The second kappa shape index (κ2) is 9.28. The zero-order chi connectivity index (χ0) is 22.0. The van der Waals surface area contributed by atoms with Crippen molar-refractivity contribution < 1.29 is 4.79 Å². The van der Waals surface area contributed by atoms with Gasteiger partial charge in [0.15, 0.2) is 0 Å². The summed E-state index contributed by atoms with van der Waals surface area (Å²) in [7, 11) is 3.97. The summed E-state index contributed by atoms with van der Waals surface area (Å²) in [5.41, 5.74) is 1.44. The van der Waals surface area contributed by atoms with E-state index in [9.17, 15) is 4.79 Å². The molecule has 1 aromatic heterocycles. The second-order valence-electron chi connectivity index (χ2n) is 8.14. The number of para-hydroxylation sites is 1. The topological polar surface area (TPSA) is 70.2 Å². The van der Waals surface area contributed by atoms with Crippen molar-refractivity contribution in [3.8, 4) is 0 Å². The molecule has 162 valence electrons. The first kappa shape index (κ1) is 21.7. The zero-order valence-corrected chi connectivity index (χ0v) is 19.0. The SMILES string of the molecule is CN(C)c1nc(N[C@H]2CC[C@@H](CNC(=O)c3ccc(Cl)c(Cl)c3)C2)nc2ccccc12. The van der Waals surface area contributed by atoms with Gasteiger partial charge in [0.05, 0.1) is 15.6 Å². The fourth-order valence-electron chi connectivity index (χ4n) is 4.02. The van der Waals surface area contributed by atoms with Gasteiger partial charge in [0.2, 0.25) is 5.95 Å². The number of amides is 1. The van der Waals surface area contributed by atoms with Crippen molar-refractivity contribution in [1.82, 2.24) is 15.3 Å². The van der Waals surface area contributed by atoms with E-state index in [4.69, 9.17) is 33.2 Å². The Balaban J connectivity index is 1.36. The molecule has 0 aliphatic heterocycles. The van der Waals surface area contributed by atoms with Crippen LogP contribution in [0.5, 0.6) is 0 Å². The van der Waals surface area contributed by atoms with Crippen LogP contribution < -0.4 is 15.5 Å². The van der Waals surface area contributed by atoms with Crippen LogP contribution in [0.2, 0.25) is 10.0 Å². The van der Waals surface area contributed by atoms with Crippen LogP contribution in [0, 0.1) is 5.92 Å². The number of aromatic nitrogens is 2. The van der Waals surface area contributed by atoms with Crippen molar-refractivity contribution in [3.63, 3.8) is 0 Å². The molecule has 1 amide bonds. The van der Waals surface area contributed by atoms with E-state index in [-0.39, 0.29) is 11.9 Å². The Kier molecular flexibility index (Phi) is 6.49. The average Bonchev–Trinajstić information content (AvgIpc) is 3.20. The minimum absolute atomic E-state index is 0.136. The molecule has 1 aliphatic carbocycles. The van der Waals surface area contributed by atoms with E-state index < -0.39 is 0 Å². The van der Waals surface area contributed by atoms with Gasteiger partial charge < -0.3 is 15.5 Å². The largest absolute Gasteiger partial charge is 0.362 e. The third-order valence-corrected chi connectivity index (χ3v) is 6.35. The lowest BCUT2D eigenvalue weighted by atomic mass is 10.1. The number of benzene rings is 2. The van der Waals surface area contributed by atoms with E-state index >= 15 is 0 Å². The quantitative estimate of drug-likeness (QED) is 0.543. The minimum atomic E-state index is -0.136. The van der Waals surface area contributed by atoms with Crippen LogP contribution in [-0.2, 0) is 0 Å². The Morgan fingerprint density at radius 3 is 2.68 bits per heavy atom. The second-order valence-corrected chi connectivity index (χ2v) is 8.96. The van der Waals surface area contributed by atoms with Gasteiger partial charge in [-0.3, -0.25) is 4.79 Å². The van der Waals surface area contributed by atoms with Crippen LogP contribution in [0.25, 0.3) is 10.9 Å². The van der Waals surface area contributed by atoms with E-state index in [0.717, 1.165) is 36.0 Å². The van der Waals surface area contributed by atoms with Crippen LogP contribution in [0.15, 0.2) is 42.5 Å². The van der Waals surface area contributed by atoms with Crippen molar-refractivity contribution in [3.05, 3.63) is 58.1 Å². The molecule has 2 aromatic carbocycles. The lowest BCUT2D eigenvalue weighted by molar-refractivity contribution is 0.0947. The predicted octanol–water partition coefficient (Wildman–Crippen LogP) is 5.01. The fourth-order valence-corrected chi connectivity index (χ4v) is 4.31. The van der Waals surface area contributed by atoms with Crippen LogP contribution in [0.1, 0.15) is 29.6 Å². The molecule has 2 atom stereocenters. The molecule has 0 unspecified atom stereocenters. The number of carbonyl (C=O) groups excluding carboxylic acids is 1. The summed E-state index contributed by atoms with van der Waals surface area (Å²) in [6.07, 6.45) is 3.00. The summed E-state index contributed by atoms with van der Waals surface area (Å²) in [6, 6.07) is 13.2. The molecule has 1 aliphatic rings. The maximum absolute atomic E-state index is 12.4. The molecule has 1 saturated carbocycles. The first-order valence-electron chi connectivity index (χ1n) is 10.3. The van der Waals surface area contributed by atoms with Crippen molar-refractivity contribution in [1.29, 1.82) is 0 Å². The Morgan fingerprint density at radius 2 is 1.90 bits per heavy atom. The molecule has 1 heterocycles. The van der Waals surface area contributed by atoms with Crippen LogP contribution in [0.4, 0.5) is 11.8 Å². The maximum atomic E-state index is 12.4. The molecule has 2 N–H and O–H groups in total. The highest BCUT2D eigenvalue weighted by atomic mass is 35.5. The summed E-state index contributed by atoms with van der Waals surface area (Å²) in [5, 5.41) is 8.37. The third kappa shape index (κ3) is 5.02. The number of hydrogen-bond donors (Lipinski definition) is 2. The standard InChI is InChI=1S/C23H25Cl2N5O/c1-30(2)21-17-5-3-4-6-20(17)28-23(29-21)27-16-9-7-14(11-16)13-26-22(31)15-8-10-18(24)19(25)12-15/h3-6,8,10,12,14,16H,7,9,11,13H2,1-2H3,(H,26,31)(H,27,28,29)/t14-,16+/m1/s1. The van der Waals surface area contributed by atoms with Crippen molar-refractivity contribution in [2.75, 3.05) is 30.9 Å². The number of anilines is 2. The molecule has 4 rings (SSSR count). The van der Waals surface area contributed by atoms with E-state index in [1.807, 2.05) is 43.3 Å². The van der Waals surface area contributed by atoms with E-state index in [2.05, 4.69) is 10.6 Å². The number of halogens is 2. The Hall–Kier alpha value is -2.57. The molecule has 0 spiro atoms. The first-order valence-corrected chi connectivity index (χ1v) is 11.1. The smallest absolute Gasteiger partial charge is 0.251 e. The average molecular weight is 458 g/mol. The van der Waals surface area contributed by atoms with Gasteiger partial charge in [-0.2, -0.15) is 4.98 Å². The molecule has 31 heavy (non-hydrogen) atoms. The van der Waals surface area contributed by atoms with Gasteiger partial charge in [0, 0.05) is 37.6 Å². The van der Waals surface area contributed by atoms with Crippen LogP contribution in [-0.4, -0.2) is 42.6 Å². The summed E-state index contributed by atoms with van der Waals surface area (Å²) in [4.78, 5) is 23.8. The third-order valence-electron chi connectivity index (χ3n) is 5.61. The molecule has 0 radical (unpaired) electrons. The number of fused-ring (bicyclic) bond motifs is 1. The van der Waals surface area contributed by atoms with E-state index in [0.29, 0.717) is 34.0 Å². The normalized spacial score (nSPS) is 18.2. The summed E-state index contributed by atoms with van der Waals surface area (Å²) < 4.78 is 0. The maximum Gasteiger partial charge on any atom is 0.251 e. The highest BCUT2D eigenvalue weighted by Gasteiger charge is 2.26. The molecule has 6 nitrogen and oxygen atoms in total. The van der Waals surface area contributed by atoms with Gasteiger partial charge in [-0.05, 0) is 55.5 Å². The molecule has 3 aromatic rings. The van der Waals surface area contributed by atoms with E-state index in [1.54, 1.807) is 18.2 Å². The summed E-state index contributed by atoms with van der Waals surface area (Å²) >= 11 is 11.9. The van der Waals surface area contributed by atoms with Crippen molar-refractivity contribution in [2.45, 2.75) is 25.3 Å². The lowest BCUT2D eigenvalue weighted by Crippen LogP contribution is -2.29. The van der Waals surface area contributed by atoms with Crippen molar-refractivity contribution in [2.24, 2.45) is 5.92 Å². The molecule has 1 fully saturated rings. The van der Waals surface area contributed by atoms with Gasteiger partial charge in [-0.25, -0.2) is 4.98 Å². The molecule has 0 bridgehead atoms. The first-order chi connectivity index (χ1) is 14.9. The summed E-state index contributed by atoms with van der Waals surface area (Å²) in [6.45, 7) is 0.624. The molecular weight excluding hydrogens is 433 g/mol. The number of nitrogens with one attached hydrogen (secondary N) is 2. The Bertz CT molecular complexity index is 1100. The number of nitrogens with zero attached hydrogens (tertiary/aromatic N) is 3. The van der Waals surface area contributed by atoms with Gasteiger partial charge in [-0.1, -0.05) is 35.3 Å². The van der Waals surface area contributed by atoms with Gasteiger partial charge in [-0.15, -0.1) is 0 Å². The van der Waals surface area contributed by atoms with Gasteiger partial charge >= 0.3 is 0 Å². The molecule has 0 saturated heterocycles. The van der Waals surface area contributed by atoms with Gasteiger partial charge in [0.1, 0.15) is 5.82 Å². The number of hydrogen-bond acceptors (Lipinski definition) is 5.